The van der Waals surface area contributed by atoms with Crippen LogP contribution in [0.15, 0.2) is 36.5 Å². The fourth-order valence-corrected chi connectivity index (χ4v) is 5.85. The third-order valence-electron chi connectivity index (χ3n) is 8.91. The SMILES string of the molecule is CCCCC/C=C\C/C=C\CCCC/C=C\CCCCCCCC(=O)OC(CC)CCCCCCCCCCCCCCC(=O)O. The maximum atomic E-state index is 12.3. The van der Waals surface area contributed by atoms with Crippen molar-refractivity contribution in [3.05, 3.63) is 36.5 Å². The average molecular weight is 645 g/mol. The van der Waals surface area contributed by atoms with E-state index in [9.17, 15) is 9.59 Å². The van der Waals surface area contributed by atoms with Crippen LogP contribution in [-0.4, -0.2) is 23.1 Å². The van der Waals surface area contributed by atoms with Gasteiger partial charge in [0.25, 0.3) is 0 Å². The van der Waals surface area contributed by atoms with Crippen molar-refractivity contribution < 1.29 is 19.4 Å². The first-order valence-corrected chi connectivity index (χ1v) is 20.0. The van der Waals surface area contributed by atoms with Crippen LogP contribution in [0.4, 0.5) is 0 Å². The lowest BCUT2D eigenvalue weighted by Crippen LogP contribution is -2.17. The molecule has 1 N–H and O–H groups in total. The van der Waals surface area contributed by atoms with Crippen LogP contribution in [0, 0.1) is 0 Å². The van der Waals surface area contributed by atoms with Gasteiger partial charge in [0.05, 0.1) is 0 Å². The van der Waals surface area contributed by atoms with Gasteiger partial charge in [0, 0.05) is 12.8 Å². The Bertz CT molecular complexity index is 738. The second-order valence-electron chi connectivity index (χ2n) is 13.4. The Balaban J connectivity index is 3.47. The van der Waals surface area contributed by atoms with Crippen molar-refractivity contribution >= 4 is 11.9 Å². The number of carbonyl (C=O) groups excluding carboxylic acids is 1. The Hall–Kier alpha value is -1.84. The van der Waals surface area contributed by atoms with Gasteiger partial charge in [0.2, 0.25) is 0 Å². The summed E-state index contributed by atoms with van der Waals surface area (Å²) in [4.78, 5) is 22.8. The lowest BCUT2D eigenvalue weighted by Gasteiger charge is -2.16. The van der Waals surface area contributed by atoms with Crippen LogP contribution in [0.3, 0.4) is 0 Å². The van der Waals surface area contributed by atoms with Crippen molar-refractivity contribution in [3.63, 3.8) is 0 Å². The molecular weight excluding hydrogens is 568 g/mol. The van der Waals surface area contributed by atoms with E-state index >= 15 is 0 Å². The molecule has 4 nitrogen and oxygen atoms in total. The fourth-order valence-electron chi connectivity index (χ4n) is 5.85. The van der Waals surface area contributed by atoms with Crippen LogP contribution in [-0.2, 0) is 14.3 Å². The number of esters is 1. The van der Waals surface area contributed by atoms with Gasteiger partial charge in [-0.2, -0.15) is 0 Å². The van der Waals surface area contributed by atoms with E-state index in [1.54, 1.807) is 0 Å². The van der Waals surface area contributed by atoms with E-state index in [0.717, 1.165) is 51.4 Å². The fraction of sp³-hybridized carbons (Fsp3) is 0.810. The predicted molar refractivity (Wildman–Crippen MR) is 199 cm³/mol. The number of hydrogen-bond acceptors (Lipinski definition) is 3. The molecule has 0 aromatic carbocycles. The van der Waals surface area contributed by atoms with Crippen LogP contribution in [0.1, 0.15) is 213 Å². The molecule has 1 unspecified atom stereocenters. The van der Waals surface area contributed by atoms with Gasteiger partial charge in [-0.05, 0) is 89.9 Å². The summed E-state index contributed by atoms with van der Waals surface area (Å²) in [5.41, 5.74) is 0. The Morgan fingerprint density at radius 1 is 0.500 bits per heavy atom. The van der Waals surface area contributed by atoms with Crippen molar-refractivity contribution in [1.29, 1.82) is 0 Å². The molecule has 0 saturated heterocycles. The number of allylic oxidation sites excluding steroid dienone is 6. The molecule has 0 heterocycles. The van der Waals surface area contributed by atoms with Gasteiger partial charge in [0.15, 0.2) is 0 Å². The number of unbranched alkanes of at least 4 members (excludes halogenated alkanes) is 22. The summed E-state index contributed by atoms with van der Waals surface area (Å²) in [5.74, 6) is -0.670. The van der Waals surface area contributed by atoms with Crippen LogP contribution < -0.4 is 0 Å². The Morgan fingerprint density at radius 3 is 1.37 bits per heavy atom. The number of carboxylic acid groups (broad SMARTS) is 1. The molecule has 0 aromatic rings. The maximum absolute atomic E-state index is 12.3. The summed E-state index contributed by atoms with van der Waals surface area (Å²) in [5, 5.41) is 8.66. The van der Waals surface area contributed by atoms with Crippen LogP contribution in [0.25, 0.3) is 0 Å². The average Bonchev–Trinajstić information content (AvgIpc) is 3.04. The Kier molecular flexibility index (Phi) is 36.1. The standard InChI is InChI=1S/C42H76O4/c1-3-5-6-7-8-9-10-11-12-13-14-15-16-17-18-19-24-27-30-33-36-39-42(45)46-40(4-2)37-34-31-28-25-22-20-21-23-26-29-32-35-38-41(43)44/h8-9,11-12,17-18,40H,3-7,10,13-16,19-39H2,1-2H3,(H,43,44)/b9-8-,12-11-,18-17-. The van der Waals surface area contributed by atoms with Gasteiger partial charge < -0.3 is 9.84 Å². The Labute approximate surface area is 286 Å². The van der Waals surface area contributed by atoms with Crippen molar-refractivity contribution in [2.75, 3.05) is 0 Å². The Morgan fingerprint density at radius 2 is 0.891 bits per heavy atom. The minimum absolute atomic E-state index is 0.00167. The predicted octanol–water partition coefficient (Wildman–Crippen LogP) is 13.8. The lowest BCUT2D eigenvalue weighted by molar-refractivity contribution is -0.149. The van der Waals surface area contributed by atoms with Crippen molar-refractivity contribution in [3.8, 4) is 0 Å². The van der Waals surface area contributed by atoms with Crippen LogP contribution >= 0.6 is 0 Å². The monoisotopic (exact) mass is 645 g/mol. The molecule has 0 amide bonds. The normalized spacial score (nSPS) is 12.6. The molecular formula is C42H76O4. The number of aliphatic carboxylic acids is 1. The van der Waals surface area contributed by atoms with Gasteiger partial charge in [-0.1, -0.05) is 147 Å². The van der Waals surface area contributed by atoms with Crippen molar-refractivity contribution in [1.82, 2.24) is 0 Å². The first kappa shape index (κ1) is 44.2. The van der Waals surface area contributed by atoms with Crippen molar-refractivity contribution in [2.24, 2.45) is 0 Å². The molecule has 0 radical (unpaired) electrons. The summed E-state index contributed by atoms with van der Waals surface area (Å²) in [7, 11) is 0. The van der Waals surface area contributed by atoms with E-state index in [4.69, 9.17) is 9.84 Å². The van der Waals surface area contributed by atoms with E-state index in [1.165, 1.54) is 135 Å². The zero-order valence-electron chi connectivity index (χ0n) is 30.6. The van der Waals surface area contributed by atoms with E-state index in [2.05, 4.69) is 50.3 Å². The number of carbonyl (C=O) groups is 2. The lowest BCUT2D eigenvalue weighted by atomic mass is 10.0. The molecule has 268 valence electrons. The topological polar surface area (TPSA) is 63.6 Å². The summed E-state index contributed by atoms with van der Waals surface area (Å²) >= 11 is 0. The van der Waals surface area contributed by atoms with Gasteiger partial charge >= 0.3 is 11.9 Å². The van der Waals surface area contributed by atoms with Crippen LogP contribution in [0.5, 0.6) is 0 Å². The molecule has 0 aliphatic carbocycles. The minimum atomic E-state index is -0.672. The highest BCUT2D eigenvalue weighted by atomic mass is 16.5. The molecule has 0 saturated carbocycles. The summed E-state index contributed by atoms with van der Waals surface area (Å²) < 4.78 is 5.78. The summed E-state index contributed by atoms with van der Waals surface area (Å²) in [6.45, 7) is 4.39. The first-order chi connectivity index (χ1) is 22.6. The molecule has 0 fully saturated rings. The highest BCUT2D eigenvalue weighted by Gasteiger charge is 2.12. The summed E-state index contributed by atoms with van der Waals surface area (Å²) in [6, 6.07) is 0. The molecule has 0 rings (SSSR count). The van der Waals surface area contributed by atoms with E-state index < -0.39 is 5.97 Å². The molecule has 0 bridgehead atoms. The largest absolute Gasteiger partial charge is 0.481 e. The van der Waals surface area contributed by atoms with Gasteiger partial charge in [-0.15, -0.1) is 0 Å². The van der Waals surface area contributed by atoms with Crippen LogP contribution in [0.2, 0.25) is 0 Å². The highest BCUT2D eigenvalue weighted by molar-refractivity contribution is 5.69. The third kappa shape index (κ3) is 36.6. The van der Waals surface area contributed by atoms with E-state index in [-0.39, 0.29) is 12.1 Å². The second-order valence-corrected chi connectivity index (χ2v) is 13.4. The summed E-state index contributed by atoms with van der Waals surface area (Å²) in [6.07, 6.45) is 49.7. The smallest absolute Gasteiger partial charge is 0.306 e. The number of hydrogen-bond donors (Lipinski definition) is 1. The van der Waals surface area contributed by atoms with Crippen molar-refractivity contribution in [2.45, 2.75) is 219 Å². The molecule has 0 aliphatic heterocycles. The molecule has 0 aliphatic rings. The third-order valence-corrected chi connectivity index (χ3v) is 8.91. The van der Waals surface area contributed by atoms with E-state index in [0.29, 0.717) is 12.8 Å². The zero-order chi connectivity index (χ0) is 33.6. The molecule has 46 heavy (non-hydrogen) atoms. The van der Waals surface area contributed by atoms with Gasteiger partial charge in [-0.25, -0.2) is 0 Å². The minimum Gasteiger partial charge on any atom is -0.481 e. The quantitative estimate of drug-likeness (QED) is 0.0419. The number of carboxylic acids is 1. The number of rotatable bonds is 36. The first-order valence-electron chi connectivity index (χ1n) is 20.0. The zero-order valence-corrected chi connectivity index (χ0v) is 30.6. The molecule has 0 spiro atoms. The molecule has 1 atom stereocenters. The van der Waals surface area contributed by atoms with Gasteiger partial charge in [-0.3, -0.25) is 9.59 Å². The molecule has 4 heteroatoms. The second kappa shape index (κ2) is 37.6. The highest BCUT2D eigenvalue weighted by Crippen LogP contribution is 2.16. The maximum Gasteiger partial charge on any atom is 0.306 e. The molecule has 0 aromatic heterocycles. The van der Waals surface area contributed by atoms with Gasteiger partial charge in [0.1, 0.15) is 6.10 Å². The number of ether oxygens (including phenoxy) is 1. The van der Waals surface area contributed by atoms with E-state index in [1.807, 2.05) is 0 Å².